The fraction of sp³-hybridized carbons (Fsp3) is 0.750. The van der Waals surface area contributed by atoms with Crippen LogP contribution in [0.3, 0.4) is 0 Å². The molecule has 22 heavy (non-hydrogen) atoms. The van der Waals surface area contributed by atoms with Gasteiger partial charge in [-0.2, -0.15) is 5.10 Å². The van der Waals surface area contributed by atoms with Gasteiger partial charge in [-0.25, -0.2) is 0 Å². The monoisotopic (exact) mass is 308 g/mol. The number of piperidine rings is 1. The van der Waals surface area contributed by atoms with E-state index in [1.807, 2.05) is 11.6 Å². The minimum atomic E-state index is -0.128. The first-order chi connectivity index (χ1) is 10.5. The molecule has 1 aromatic heterocycles. The summed E-state index contributed by atoms with van der Waals surface area (Å²) in [5.41, 5.74) is 1.58. The molecule has 0 spiro atoms. The van der Waals surface area contributed by atoms with Crippen LogP contribution in [0.5, 0.6) is 0 Å². The van der Waals surface area contributed by atoms with Gasteiger partial charge in [-0.1, -0.05) is 0 Å². The van der Waals surface area contributed by atoms with Gasteiger partial charge in [0.2, 0.25) is 0 Å². The van der Waals surface area contributed by atoms with Crippen molar-refractivity contribution in [1.29, 1.82) is 0 Å². The zero-order valence-electron chi connectivity index (χ0n) is 13.9. The van der Waals surface area contributed by atoms with E-state index in [1.54, 1.807) is 6.20 Å². The first kappa shape index (κ1) is 17.0. The number of amides is 1. The summed E-state index contributed by atoms with van der Waals surface area (Å²) >= 11 is 0. The summed E-state index contributed by atoms with van der Waals surface area (Å²) in [4.78, 5) is 14.5. The summed E-state index contributed by atoms with van der Waals surface area (Å²) in [6.45, 7) is 9.58. The van der Waals surface area contributed by atoms with E-state index in [-0.39, 0.29) is 18.1 Å². The lowest BCUT2D eigenvalue weighted by Crippen LogP contribution is -2.37. The summed E-state index contributed by atoms with van der Waals surface area (Å²) in [6.07, 6.45) is 4.17. The fourth-order valence-corrected chi connectivity index (χ4v) is 2.91. The highest BCUT2D eigenvalue weighted by Crippen LogP contribution is 2.13. The third kappa shape index (κ3) is 4.30. The summed E-state index contributed by atoms with van der Waals surface area (Å²) in [5.74, 6) is -0.0431. The number of nitrogens with zero attached hydrogens (tertiary/aromatic N) is 3. The molecule has 1 saturated heterocycles. The van der Waals surface area contributed by atoms with Crippen molar-refractivity contribution >= 4 is 5.91 Å². The van der Waals surface area contributed by atoms with Crippen molar-refractivity contribution in [2.45, 2.75) is 52.2 Å². The summed E-state index contributed by atoms with van der Waals surface area (Å²) < 4.78 is 1.87. The molecule has 1 amide bonds. The van der Waals surface area contributed by atoms with Gasteiger partial charge >= 0.3 is 0 Å². The zero-order chi connectivity index (χ0) is 16.1. The van der Waals surface area contributed by atoms with Gasteiger partial charge < -0.3 is 15.3 Å². The molecule has 0 unspecified atom stereocenters. The lowest BCUT2D eigenvalue weighted by molar-refractivity contribution is 0.0816. The predicted octanol–water partition coefficient (Wildman–Crippen LogP) is 1.35. The number of hydrogen-bond acceptors (Lipinski definition) is 4. The van der Waals surface area contributed by atoms with E-state index in [1.165, 1.54) is 0 Å². The topological polar surface area (TPSA) is 70.4 Å². The van der Waals surface area contributed by atoms with Gasteiger partial charge in [0.05, 0.1) is 17.9 Å². The molecule has 1 aromatic rings. The second-order valence-corrected chi connectivity index (χ2v) is 6.36. The lowest BCUT2D eigenvalue weighted by atomic mass is 10.1. The van der Waals surface area contributed by atoms with Crippen LogP contribution in [0.15, 0.2) is 6.20 Å². The van der Waals surface area contributed by atoms with Crippen molar-refractivity contribution < 1.29 is 9.90 Å². The third-order valence-corrected chi connectivity index (χ3v) is 4.27. The van der Waals surface area contributed by atoms with E-state index in [4.69, 9.17) is 0 Å². The molecule has 6 nitrogen and oxygen atoms in total. The Morgan fingerprint density at radius 2 is 2.14 bits per heavy atom. The standard InChI is InChI=1S/C16H28N4O2/c1-12(2)20-13(3)15(11-18-20)16(22)17-7-4-8-19-9-5-14(21)6-10-19/h11-12,14,21H,4-10H2,1-3H3,(H,17,22). The number of rotatable bonds is 6. The van der Waals surface area contributed by atoms with E-state index < -0.39 is 0 Å². The van der Waals surface area contributed by atoms with Crippen LogP contribution < -0.4 is 5.32 Å². The molecular weight excluding hydrogens is 280 g/mol. The maximum Gasteiger partial charge on any atom is 0.254 e. The Balaban J connectivity index is 1.72. The normalized spacial score (nSPS) is 17.1. The molecule has 0 radical (unpaired) electrons. The van der Waals surface area contributed by atoms with Crippen LogP contribution >= 0.6 is 0 Å². The summed E-state index contributed by atoms with van der Waals surface area (Å²) in [5, 5.41) is 16.7. The van der Waals surface area contributed by atoms with E-state index in [2.05, 4.69) is 29.2 Å². The maximum atomic E-state index is 12.2. The summed E-state index contributed by atoms with van der Waals surface area (Å²) in [6, 6.07) is 0.260. The van der Waals surface area contributed by atoms with Gasteiger partial charge in [-0.05, 0) is 46.6 Å². The number of likely N-dealkylation sites (tertiary alicyclic amines) is 1. The Bertz CT molecular complexity index is 490. The average molecular weight is 308 g/mol. The number of nitrogens with one attached hydrogen (secondary N) is 1. The van der Waals surface area contributed by atoms with Crippen molar-refractivity contribution in [1.82, 2.24) is 20.0 Å². The highest BCUT2D eigenvalue weighted by molar-refractivity contribution is 5.95. The number of aliphatic hydroxyl groups is 1. The Hall–Kier alpha value is -1.40. The van der Waals surface area contributed by atoms with Crippen LogP contribution in [0, 0.1) is 6.92 Å². The Labute approximate surface area is 132 Å². The molecule has 1 aliphatic rings. The lowest BCUT2D eigenvalue weighted by Gasteiger charge is -2.29. The van der Waals surface area contributed by atoms with E-state index >= 15 is 0 Å². The highest BCUT2D eigenvalue weighted by Gasteiger charge is 2.17. The number of aromatic nitrogens is 2. The number of hydrogen-bond donors (Lipinski definition) is 2. The Morgan fingerprint density at radius 3 is 2.73 bits per heavy atom. The summed E-state index contributed by atoms with van der Waals surface area (Å²) in [7, 11) is 0. The molecule has 0 aromatic carbocycles. The molecule has 0 bridgehead atoms. The van der Waals surface area contributed by atoms with Crippen LogP contribution in [0.25, 0.3) is 0 Å². The molecule has 0 aliphatic carbocycles. The van der Waals surface area contributed by atoms with Crippen LogP contribution in [0.1, 0.15) is 55.2 Å². The Kier molecular flexibility index (Phi) is 5.97. The maximum absolute atomic E-state index is 12.2. The van der Waals surface area contributed by atoms with Gasteiger partial charge in [0.1, 0.15) is 0 Å². The van der Waals surface area contributed by atoms with E-state index in [9.17, 15) is 9.90 Å². The molecule has 2 heterocycles. The van der Waals surface area contributed by atoms with Gasteiger partial charge in [-0.3, -0.25) is 9.48 Å². The molecule has 1 aliphatic heterocycles. The molecular formula is C16H28N4O2. The zero-order valence-corrected chi connectivity index (χ0v) is 13.9. The van der Waals surface area contributed by atoms with Crippen LogP contribution in [0.2, 0.25) is 0 Å². The van der Waals surface area contributed by atoms with Crippen LogP contribution in [-0.2, 0) is 0 Å². The quantitative estimate of drug-likeness (QED) is 0.778. The number of aliphatic hydroxyl groups excluding tert-OH is 1. The van der Waals surface area contributed by atoms with Crippen molar-refractivity contribution in [3.05, 3.63) is 17.5 Å². The van der Waals surface area contributed by atoms with Gasteiger partial charge in [-0.15, -0.1) is 0 Å². The second-order valence-electron chi connectivity index (χ2n) is 6.36. The van der Waals surface area contributed by atoms with Crippen molar-refractivity contribution in [2.24, 2.45) is 0 Å². The van der Waals surface area contributed by atoms with Crippen molar-refractivity contribution in [2.75, 3.05) is 26.2 Å². The van der Waals surface area contributed by atoms with Crippen molar-refractivity contribution in [3.63, 3.8) is 0 Å². The van der Waals surface area contributed by atoms with Crippen LogP contribution in [-0.4, -0.2) is 58.0 Å². The minimum absolute atomic E-state index is 0.0431. The smallest absolute Gasteiger partial charge is 0.254 e. The van der Waals surface area contributed by atoms with Gasteiger partial charge in [0.15, 0.2) is 0 Å². The Morgan fingerprint density at radius 1 is 1.45 bits per heavy atom. The molecule has 0 atom stereocenters. The molecule has 2 N–H and O–H groups in total. The number of carbonyl (C=O) groups excluding carboxylic acids is 1. The molecule has 0 saturated carbocycles. The number of carbonyl (C=O) groups is 1. The highest BCUT2D eigenvalue weighted by atomic mass is 16.3. The predicted molar refractivity (Wildman–Crippen MR) is 86.0 cm³/mol. The van der Waals surface area contributed by atoms with Gasteiger partial charge in [0.25, 0.3) is 5.91 Å². The van der Waals surface area contributed by atoms with Gasteiger partial charge in [0, 0.05) is 31.4 Å². The third-order valence-electron chi connectivity index (χ3n) is 4.27. The SMILES string of the molecule is Cc1c(C(=O)NCCCN2CCC(O)CC2)cnn1C(C)C. The molecule has 124 valence electrons. The average Bonchev–Trinajstić information content (AvgIpc) is 2.87. The van der Waals surface area contributed by atoms with Crippen LogP contribution in [0.4, 0.5) is 0 Å². The second kappa shape index (κ2) is 7.74. The van der Waals surface area contributed by atoms with Crippen molar-refractivity contribution in [3.8, 4) is 0 Å². The van der Waals surface area contributed by atoms with E-state index in [0.717, 1.165) is 44.6 Å². The fourth-order valence-electron chi connectivity index (χ4n) is 2.91. The first-order valence-electron chi connectivity index (χ1n) is 8.21. The van der Waals surface area contributed by atoms with E-state index in [0.29, 0.717) is 12.1 Å². The largest absolute Gasteiger partial charge is 0.393 e. The first-order valence-corrected chi connectivity index (χ1v) is 8.21. The molecule has 6 heteroatoms. The minimum Gasteiger partial charge on any atom is -0.393 e. The molecule has 1 fully saturated rings. The molecule has 2 rings (SSSR count).